The van der Waals surface area contributed by atoms with Gasteiger partial charge in [-0.1, -0.05) is 38.2 Å². The molecule has 0 aliphatic rings. The van der Waals surface area contributed by atoms with Crippen molar-refractivity contribution in [3.05, 3.63) is 24.3 Å². The summed E-state index contributed by atoms with van der Waals surface area (Å²) in [5.41, 5.74) is 1.41. The number of hydrogen-bond acceptors (Lipinski definition) is 0. The molecule has 0 amide bonds. The fourth-order valence-electron chi connectivity index (χ4n) is 0.622. The monoisotopic (exact) mass is 109 g/mol. The van der Waals surface area contributed by atoms with Crippen molar-refractivity contribution in [2.75, 3.05) is 0 Å². The molecule has 0 saturated carbocycles. The minimum Gasteiger partial charge on any atom is -0.0708 e. The van der Waals surface area contributed by atoms with Crippen LogP contribution in [0.2, 0.25) is 0 Å². The predicted octanol–water partition coefficient (Wildman–Crippen LogP) is 2.72. The highest BCUT2D eigenvalue weighted by atomic mass is 13.9. The molecule has 1 radical (unpaired) electrons. The first kappa shape index (κ1) is 7.48. The molecular formula is C8H13. The summed E-state index contributed by atoms with van der Waals surface area (Å²) in [4.78, 5) is 0. The van der Waals surface area contributed by atoms with Crippen molar-refractivity contribution in [3.63, 3.8) is 0 Å². The molecule has 0 rings (SSSR count). The van der Waals surface area contributed by atoms with E-state index >= 15 is 0 Å². The molecule has 0 heterocycles. The van der Waals surface area contributed by atoms with E-state index in [1.54, 1.807) is 6.08 Å². The molecule has 0 spiro atoms. The molecule has 0 nitrogen and oxygen atoms in total. The van der Waals surface area contributed by atoms with Crippen LogP contribution in [0.3, 0.4) is 0 Å². The summed E-state index contributed by atoms with van der Waals surface area (Å²) in [5, 5.41) is 0. The largest absolute Gasteiger partial charge is 0.0708 e. The molecule has 45 valence electrons. The van der Waals surface area contributed by atoms with E-state index in [-0.39, 0.29) is 0 Å². The number of hydrogen-bond donors (Lipinski definition) is 0. The van der Waals surface area contributed by atoms with E-state index in [1.807, 2.05) is 6.08 Å². The second kappa shape index (κ2) is 4.63. The molecule has 0 bridgehead atoms. The number of rotatable bonds is 3. The first-order valence-corrected chi connectivity index (χ1v) is 3.08. The van der Waals surface area contributed by atoms with Crippen molar-refractivity contribution in [2.24, 2.45) is 0 Å². The third-order valence-corrected chi connectivity index (χ3v) is 1.24. The van der Waals surface area contributed by atoms with E-state index in [4.69, 9.17) is 6.58 Å². The molecule has 8 heavy (non-hydrogen) atoms. The van der Waals surface area contributed by atoms with Gasteiger partial charge < -0.3 is 0 Å². The Morgan fingerprint density at radius 3 is 2.00 bits per heavy atom. The van der Waals surface area contributed by atoms with Crippen LogP contribution in [0.15, 0.2) is 17.7 Å². The Balaban J connectivity index is 3.66. The van der Waals surface area contributed by atoms with Gasteiger partial charge in [0.15, 0.2) is 0 Å². The van der Waals surface area contributed by atoms with Crippen LogP contribution in [0, 0.1) is 6.58 Å². The highest BCUT2D eigenvalue weighted by Gasteiger charge is 1.83. The second-order valence-electron chi connectivity index (χ2n) is 1.72. The zero-order valence-electron chi connectivity index (χ0n) is 5.65. The lowest BCUT2D eigenvalue weighted by Crippen LogP contribution is -1.73. The van der Waals surface area contributed by atoms with E-state index in [0.717, 1.165) is 12.8 Å². The van der Waals surface area contributed by atoms with Gasteiger partial charge in [-0.25, -0.2) is 0 Å². The Morgan fingerprint density at radius 2 is 1.88 bits per heavy atom. The van der Waals surface area contributed by atoms with Crippen LogP contribution >= 0.6 is 0 Å². The zero-order valence-corrected chi connectivity index (χ0v) is 5.65. The van der Waals surface area contributed by atoms with Gasteiger partial charge in [0.05, 0.1) is 0 Å². The van der Waals surface area contributed by atoms with Crippen molar-refractivity contribution < 1.29 is 0 Å². The first-order valence-electron chi connectivity index (χ1n) is 3.08. The Bertz CT molecular complexity index is 82.2. The summed E-state index contributed by atoms with van der Waals surface area (Å²) in [6.45, 7) is 9.45. The van der Waals surface area contributed by atoms with Crippen molar-refractivity contribution >= 4 is 0 Å². The average Bonchev–Trinajstić information content (AvgIpc) is 1.83. The average molecular weight is 109 g/mol. The molecule has 0 N–H and O–H groups in total. The van der Waals surface area contributed by atoms with Crippen LogP contribution in [0.1, 0.15) is 26.7 Å². The van der Waals surface area contributed by atoms with E-state index in [9.17, 15) is 0 Å². The molecular weight excluding hydrogens is 96.1 g/mol. The van der Waals surface area contributed by atoms with Crippen LogP contribution in [0.25, 0.3) is 0 Å². The summed E-state index contributed by atoms with van der Waals surface area (Å²) in [7, 11) is 0. The molecule has 0 fully saturated rings. The Labute approximate surface area is 51.9 Å². The predicted molar refractivity (Wildman–Crippen MR) is 37.5 cm³/mol. The minimum atomic E-state index is 1.12. The molecule has 0 heteroatoms. The normalized spacial score (nSPS) is 8.25. The van der Waals surface area contributed by atoms with E-state index in [2.05, 4.69) is 13.8 Å². The van der Waals surface area contributed by atoms with Gasteiger partial charge in [0.1, 0.15) is 0 Å². The molecule has 0 aromatic carbocycles. The fraction of sp³-hybridized carbons (Fsp3) is 0.500. The van der Waals surface area contributed by atoms with Gasteiger partial charge in [-0.15, -0.1) is 0 Å². The lowest BCUT2D eigenvalue weighted by atomic mass is 10.1. The Kier molecular flexibility index (Phi) is 4.33. The van der Waals surface area contributed by atoms with Crippen molar-refractivity contribution in [1.29, 1.82) is 0 Å². The third kappa shape index (κ3) is 2.62. The molecule has 0 aliphatic carbocycles. The van der Waals surface area contributed by atoms with Gasteiger partial charge in [0.2, 0.25) is 0 Å². The maximum absolute atomic E-state index is 5.18. The molecule has 0 aromatic rings. The van der Waals surface area contributed by atoms with Crippen LogP contribution in [0.4, 0.5) is 0 Å². The van der Waals surface area contributed by atoms with Crippen LogP contribution in [0.5, 0.6) is 0 Å². The van der Waals surface area contributed by atoms with Gasteiger partial charge in [-0.3, -0.25) is 0 Å². The Hall–Kier alpha value is -0.520. The van der Waals surface area contributed by atoms with Crippen LogP contribution < -0.4 is 0 Å². The standard InChI is InChI=1S/C8H13/c1-4-7-8(5-2)6-3/h1,4,7H,5-6H2,2-3H3. The van der Waals surface area contributed by atoms with E-state index < -0.39 is 0 Å². The van der Waals surface area contributed by atoms with Crippen LogP contribution in [-0.4, -0.2) is 0 Å². The summed E-state index contributed by atoms with van der Waals surface area (Å²) >= 11 is 0. The molecule has 0 aromatic heterocycles. The lowest BCUT2D eigenvalue weighted by molar-refractivity contribution is 0.978. The van der Waals surface area contributed by atoms with Gasteiger partial charge in [0, 0.05) is 0 Å². The Morgan fingerprint density at radius 1 is 1.38 bits per heavy atom. The minimum absolute atomic E-state index is 1.12. The highest BCUT2D eigenvalue weighted by Crippen LogP contribution is 2.03. The maximum atomic E-state index is 5.18. The number of allylic oxidation sites excluding steroid dienone is 3. The van der Waals surface area contributed by atoms with E-state index in [1.165, 1.54) is 5.57 Å². The highest BCUT2D eigenvalue weighted by molar-refractivity contribution is 5.07. The maximum Gasteiger partial charge on any atom is -0.0346 e. The second-order valence-corrected chi connectivity index (χ2v) is 1.72. The lowest BCUT2D eigenvalue weighted by Gasteiger charge is -1.93. The van der Waals surface area contributed by atoms with Gasteiger partial charge in [-0.2, -0.15) is 0 Å². The van der Waals surface area contributed by atoms with E-state index in [0.29, 0.717) is 0 Å². The first-order chi connectivity index (χ1) is 3.85. The van der Waals surface area contributed by atoms with Gasteiger partial charge in [0.25, 0.3) is 0 Å². The fourth-order valence-corrected chi connectivity index (χ4v) is 0.622. The van der Waals surface area contributed by atoms with Crippen molar-refractivity contribution in [1.82, 2.24) is 0 Å². The zero-order chi connectivity index (χ0) is 6.41. The summed E-state index contributed by atoms with van der Waals surface area (Å²) in [6.07, 6.45) is 5.80. The molecule has 0 aliphatic heterocycles. The van der Waals surface area contributed by atoms with Crippen molar-refractivity contribution in [3.8, 4) is 0 Å². The summed E-state index contributed by atoms with van der Waals surface area (Å²) < 4.78 is 0. The smallest absolute Gasteiger partial charge is 0.0346 e. The topological polar surface area (TPSA) is 0 Å². The van der Waals surface area contributed by atoms with Crippen molar-refractivity contribution in [2.45, 2.75) is 26.7 Å². The third-order valence-electron chi connectivity index (χ3n) is 1.24. The van der Waals surface area contributed by atoms with Gasteiger partial charge >= 0.3 is 0 Å². The molecule has 0 saturated heterocycles. The molecule has 0 atom stereocenters. The summed E-state index contributed by atoms with van der Waals surface area (Å²) in [6, 6.07) is 0. The SMILES string of the molecule is [CH]=CC=C(CC)CC. The molecule has 0 unspecified atom stereocenters. The van der Waals surface area contributed by atoms with Gasteiger partial charge in [-0.05, 0) is 12.8 Å². The quantitative estimate of drug-likeness (QED) is 0.489. The summed E-state index contributed by atoms with van der Waals surface area (Å²) in [5.74, 6) is 0. The van der Waals surface area contributed by atoms with Crippen LogP contribution in [-0.2, 0) is 0 Å².